The zero-order valence-electron chi connectivity index (χ0n) is 14.1. The number of carbonyl (C=O) groups is 1. The van der Waals surface area contributed by atoms with Gasteiger partial charge in [0.05, 0.1) is 12.0 Å². The minimum absolute atomic E-state index is 0.113. The number of rotatable bonds is 4. The maximum absolute atomic E-state index is 12.0. The summed E-state index contributed by atoms with van der Waals surface area (Å²) in [6.45, 7) is 7.51. The van der Waals surface area contributed by atoms with Crippen LogP contribution in [0, 0.1) is 19.8 Å². The summed E-state index contributed by atoms with van der Waals surface area (Å²) >= 11 is 0. The van der Waals surface area contributed by atoms with Gasteiger partial charge in [-0.3, -0.25) is 4.79 Å². The van der Waals surface area contributed by atoms with Crippen molar-refractivity contribution in [2.24, 2.45) is 5.92 Å². The Morgan fingerprint density at radius 3 is 2.62 bits per heavy atom. The van der Waals surface area contributed by atoms with Crippen LogP contribution in [0.3, 0.4) is 0 Å². The molecule has 0 radical (unpaired) electrons. The Morgan fingerprint density at radius 2 is 2.04 bits per heavy atom. The second-order valence-corrected chi connectivity index (χ2v) is 5.90. The first-order valence-corrected chi connectivity index (χ1v) is 7.71. The summed E-state index contributed by atoms with van der Waals surface area (Å²) in [4.78, 5) is 20.9. The molecule has 0 spiro atoms. The lowest BCUT2D eigenvalue weighted by Crippen LogP contribution is -2.19. The Labute approximate surface area is 139 Å². The quantitative estimate of drug-likeness (QED) is 0.796. The van der Waals surface area contributed by atoms with Crippen LogP contribution in [-0.4, -0.2) is 25.7 Å². The van der Waals surface area contributed by atoms with Gasteiger partial charge in [-0.15, -0.1) is 0 Å². The van der Waals surface area contributed by atoms with Gasteiger partial charge in [0.25, 0.3) is 0 Å². The summed E-state index contributed by atoms with van der Waals surface area (Å²) in [5, 5.41) is 7.25. The second kappa shape index (κ2) is 6.27. The van der Waals surface area contributed by atoms with Gasteiger partial charge < -0.3 is 9.73 Å². The molecular weight excluding hydrogens is 306 g/mol. The molecule has 0 fully saturated rings. The van der Waals surface area contributed by atoms with Gasteiger partial charge in [-0.1, -0.05) is 13.8 Å². The van der Waals surface area contributed by atoms with Crippen LogP contribution in [-0.2, 0) is 4.79 Å². The monoisotopic (exact) mass is 325 g/mol. The fraction of sp³-hybridized carbons (Fsp3) is 0.294. The summed E-state index contributed by atoms with van der Waals surface area (Å²) in [5.41, 5.74) is 1.83. The van der Waals surface area contributed by atoms with Crippen LogP contribution >= 0.6 is 0 Å². The third-order valence-corrected chi connectivity index (χ3v) is 3.46. The van der Waals surface area contributed by atoms with Crippen molar-refractivity contribution in [3.63, 3.8) is 0 Å². The summed E-state index contributed by atoms with van der Waals surface area (Å²) in [6.07, 6.45) is 1.56. The Kier molecular flexibility index (Phi) is 4.16. The molecule has 7 heteroatoms. The molecule has 0 aliphatic carbocycles. The van der Waals surface area contributed by atoms with Crippen molar-refractivity contribution in [3.8, 4) is 17.4 Å². The van der Waals surface area contributed by atoms with Crippen LogP contribution in [0.1, 0.15) is 25.2 Å². The van der Waals surface area contributed by atoms with Crippen molar-refractivity contribution >= 4 is 11.7 Å². The average molecular weight is 325 g/mol. The first-order valence-electron chi connectivity index (χ1n) is 7.71. The van der Waals surface area contributed by atoms with Crippen LogP contribution in [0.25, 0.3) is 17.4 Å². The topological polar surface area (TPSA) is 85.8 Å². The van der Waals surface area contributed by atoms with Gasteiger partial charge in [-0.25, -0.2) is 14.6 Å². The third kappa shape index (κ3) is 3.19. The number of carbonyl (C=O) groups excluding carboxylic acids is 1. The largest absolute Gasteiger partial charge is 0.461 e. The van der Waals surface area contributed by atoms with E-state index in [1.807, 2.05) is 33.8 Å². The molecule has 0 aliphatic rings. The van der Waals surface area contributed by atoms with Gasteiger partial charge in [-0.2, -0.15) is 5.10 Å². The van der Waals surface area contributed by atoms with E-state index < -0.39 is 0 Å². The van der Waals surface area contributed by atoms with E-state index in [4.69, 9.17) is 4.42 Å². The van der Waals surface area contributed by atoms with E-state index in [-0.39, 0.29) is 11.8 Å². The van der Waals surface area contributed by atoms with Crippen LogP contribution in [0.4, 0.5) is 5.82 Å². The highest BCUT2D eigenvalue weighted by Gasteiger charge is 2.15. The molecule has 7 nitrogen and oxygen atoms in total. The summed E-state index contributed by atoms with van der Waals surface area (Å²) < 4.78 is 7.10. The van der Waals surface area contributed by atoms with Crippen molar-refractivity contribution in [2.75, 3.05) is 5.32 Å². The first kappa shape index (κ1) is 15.9. The fourth-order valence-corrected chi connectivity index (χ4v) is 2.25. The van der Waals surface area contributed by atoms with Gasteiger partial charge in [-0.05, 0) is 32.0 Å². The fourth-order valence-electron chi connectivity index (χ4n) is 2.25. The van der Waals surface area contributed by atoms with E-state index in [0.29, 0.717) is 23.2 Å². The molecule has 0 unspecified atom stereocenters. The van der Waals surface area contributed by atoms with Crippen molar-refractivity contribution < 1.29 is 9.21 Å². The lowest BCUT2D eigenvalue weighted by atomic mass is 10.2. The highest BCUT2D eigenvalue weighted by atomic mass is 16.3. The summed E-state index contributed by atoms with van der Waals surface area (Å²) in [7, 11) is 0. The van der Waals surface area contributed by atoms with Gasteiger partial charge in [0.15, 0.2) is 17.4 Å². The lowest BCUT2D eigenvalue weighted by molar-refractivity contribution is -0.118. The maximum Gasteiger partial charge on any atom is 0.228 e. The number of anilines is 1. The van der Waals surface area contributed by atoms with Crippen LogP contribution in [0.15, 0.2) is 34.9 Å². The molecule has 0 atom stereocenters. The minimum Gasteiger partial charge on any atom is -0.461 e. The predicted molar refractivity (Wildman–Crippen MR) is 89.8 cm³/mol. The number of aryl methyl sites for hydroxylation is 2. The van der Waals surface area contributed by atoms with Crippen molar-refractivity contribution in [1.29, 1.82) is 0 Å². The molecule has 3 rings (SSSR count). The molecule has 0 aliphatic heterocycles. The molecule has 3 aromatic heterocycles. The molecule has 24 heavy (non-hydrogen) atoms. The van der Waals surface area contributed by atoms with Crippen LogP contribution in [0.2, 0.25) is 0 Å². The van der Waals surface area contributed by atoms with Crippen LogP contribution < -0.4 is 5.32 Å². The van der Waals surface area contributed by atoms with Crippen molar-refractivity contribution in [3.05, 3.63) is 41.9 Å². The molecule has 3 heterocycles. The van der Waals surface area contributed by atoms with E-state index in [9.17, 15) is 4.79 Å². The van der Waals surface area contributed by atoms with E-state index in [0.717, 1.165) is 11.4 Å². The number of hydrogen-bond acceptors (Lipinski definition) is 5. The molecule has 0 aromatic carbocycles. The molecule has 124 valence electrons. The number of furan rings is 1. The van der Waals surface area contributed by atoms with Gasteiger partial charge in [0.1, 0.15) is 5.82 Å². The molecule has 1 N–H and O–H groups in total. The van der Waals surface area contributed by atoms with Gasteiger partial charge >= 0.3 is 0 Å². The number of nitrogens with zero attached hydrogens (tertiary/aromatic N) is 4. The van der Waals surface area contributed by atoms with E-state index in [1.165, 1.54) is 0 Å². The second-order valence-electron chi connectivity index (χ2n) is 5.90. The van der Waals surface area contributed by atoms with E-state index >= 15 is 0 Å². The van der Waals surface area contributed by atoms with Crippen LogP contribution in [0.5, 0.6) is 0 Å². The zero-order chi connectivity index (χ0) is 17.3. The van der Waals surface area contributed by atoms with Crippen molar-refractivity contribution in [1.82, 2.24) is 19.7 Å². The maximum atomic E-state index is 12.0. The lowest BCUT2D eigenvalue weighted by Gasteiger charge is -2.10. The summed E-state index contributed by atoms with van der Waals surface area (Å²) in [6, 6.07) is 7.20. The predicted octanol–water partition coefficient (Wildman–Crippen LogP) is 3.13. The Bertz CT molecular complexity index is 865. The summed E-state index contributed by atoms with van der Waals surface area (Å²) in [5.74, 6) is 1.64. The average Bonchev–Trinajstić information content (AvgIpc) is 3.16. The number of hydrogen-bond donors (Lipinski definition) is 1. The molecule has 0 bridgehead atoms. The third-order valence-electron chi connectivity index (χ3n) is 3.46. The molecular formula is C17H19N5O2. The highest BCUT2D eigenvalue weighted by Crippen LogP contribution is 2.21. The zero-order valence-corrected chi connectivity index (χ0v) is 14.1. The first-order chi connectivity index (χ1) is 11.4. The molecule has 0 saturated carbocycles. The Hall–Kier alpha value is -2.96. The standard InChI is InChI=1S/C17H19N5O2/c1-10(2)17(23)19-14-9-15(22-12(4)8-11(3)21-22)20-16(18-14)13-6-5-7-24-13/h5-10H,1-4H3,(H,18,19,20,23). The number of aromatic nitrogens is 4. The molecule has 0 saturated heterocycles. The smallest absolute Gasteiger partial charge is 0.228 e. The number of amides is 1. The van der Waals surface area contributed by atoms with Gasteiger partial charge in [0.2, 0.25) is 5.91 Å². The van der Waals surface area contributed by atoms with E-state index in [2.05, 4.69) is 20.4 Å². The minimum atomic E-state index is -0.149. The Morgan fingerprint density at radius 1 is 1.25 bits per heavy atom. The SMILES string of the molecule is Cc1cc(C)n(-c2cc(NC(=O)C(C)C)nc(-c3ccco3)n2)n1. The molecule has 3 aromatic rings. The highest BCUT2D eigenvalue weighted by molar-refractivity contribution is 5.91. The normalized spacial score (nSPS) is 11.0. The van der Waals surface area contributed by atoms with E-state index in [1.54, 1.807) is 29.1 Å². The van der Waals surface area contributed by atoms with Crippen molar-refractivity contribution in [2.45, 2.75) is 27.7 Å². The molecule has 1 amide bonds. The Balaban J connectivity index is 2.09. The number of nitrogens with one attached hydrogen (secondary N) is 1. The van der Waals surface area contributed by atoms with Gasteiger partial charge in [0, 0.05) is 17.7 Å².